The summed E-state index contributed by atoms with van der Waals surface area (Å²) in [4.78, 5) is 22.8. The van der Waals surface area contributed by atoms with Crippen LogP contribution < -0.4 is 10.6 Å². The minimum atomic E-state index is -0.296. The molecule has 2 amide bonds. The lowest BCUT2D eigenvalue weighted by molar-refractivity contribution is 0.0879. The van der Waals surface area contributed by atoms with Crippen LogP contribution in [0.5, 0.6) is 0 Å². The minimum absolute atomic E-state index is 0.294. The van der Waals surface area contributed by atoms with Gasteiger partial charge in [-0.05, 0) is 37.5 Å². The van der Waals surface area contributed by atoms with E-state index in [1.54, 1.807) is 12.1 Å². The standard InChI is InChI=1S/C12H12N2O2/c15-11-9-5-4-8(13-7-2-1-3-7)6-10(9)12(16)14-11/h4-7,13H,1-3H2,(H,14,15,16). The van der Waals surface area contributed by atoms with Gasteiger partial charge in [-0.2, -0.15) is 0 Å². The van der Waals surface area contributed by atoms with Crippen molar-refractivity contribution < 1.29 is 9.59 Å². The van der Waals surface area contributed by atoms with Gasteiger partial charge in [0.25, 0.3) is 11.8 Å². The molecule has 2 N–H and O–H groups in total. The van der Waals surface area contributed by atoms with Gasteiger partial charge in [0.2, 0.25) is 0 Å². The number of nitrogens with one attached hydrogen (secondary N) is 2. The van der Waals surface area contributed by atoms with Crippen molar-refractivity contribution in [1.29, 1.82) is 0 Å². The Hall–Kier alpha value is -1.84. The lowest BCUT2D eigenvalue weighted by Gasteiger charge is -2.27. The summed E-state index contributed by atoms with van der Waals surface area (Å²) in [5.74, 6) is -0.590. The number of fused-ring (bicyclic) bond motifs is 1. The number of hydrogen-bond donors (Lipinski definition) is 2. The van der Waals surface area contributed by atoms with Crippen LogP contribution in [-0.4, -0.2) is 17.9 Å². The molecule has 0 aromatic heterocycles. The van der Waals surface area contributed by atoms with Gasteiger partial charge in [-0.15, -0.1) is 0 Å². The van der Waals surface area contributed by atoms with Crippen LogP contribution in [0.25, 0.3) is 0 Å². The summed E-state index contributed by atoms with van der Waals surface area (Å²) in [6.45, 7) is 0. The van der Waals surface area contributed by atoms with Crippen LogP contribution in [0, 0.1) is 0 Å². The highest BCUT2D eigenvalue weighted by Gasteiger charge is 2.27. The fraction of sp³-hybridized carbons (Fsp3) is 0.333. The maximum absolute atomic E-state index is 11.4. The van der Waals surface area contributed by atoms with Crippen LogP contribution in [-0.2, 0) is 0 Å². The van der Waals surface area contributed by atoms with Crippen LogP contribution in [0.2, 0.25) is 0 Å². The molecule has 1 heterocycles. The number of rotatable bonds is 2. The summed E-state index contributed by atoms with van der Waals surface area (Å²) < 4.78 is 0. The van der Waals surface area contributed by atoms with E-state index in [-0.39, 0.29) is 11.8 Å². The quantitative estimate of drug-likeness (QED) is 0.737. The Morgan fingerprint density at radius 1 is 1.12 bits per heavy atom. The fourth-order valence-corrected chi connectivity index (χ4v) is 2.05. The molecule has 0 saturated heterocycles. The van der Waals surface area contributed by atoms with Crippen molar-refractivity contribution >= 4 is 17.5 Å². The van der Waals surface area contributed by atoms with Gasteiger partial charge in [0.15, 0.2) is 0 Å². The topological polar surface area (TPSA) is 58.2 Å². The molecule has 2 aliphatic rings. The molecule has 1 aromatic carbocycles. The van der Waals surface area contributed by atoms with Crippen molar-refractivity contribution in [2.24, 2.45) is 0 Å². The molecular weight excluding hydrogens is 204 g/mol. The summed E-state index contributed by atoms with van der Waals surface area (Å²) >= 11 is 0. The molecule has 1 aliphatic heterocycles. The zero-order chi connectivity index (χ0) is 11.1. The van der Waals surface area contributed by atoms with Crippen molar-refractivity contribution in [2.75, 3.05) is 5.32 Å². The zero-order valence-corrected chi connectivity index (χ0v) is 8.75. The molecule has 1 saturated carbocycles. The second-order valence-electron chi connectivity index (χ2n) is 4.32. The number of carbonyl (C=O) groups is 2. The van der Waals surface area contributed by atoms with E-state index in [4.69, 9.17) is 0 Å². The predicted molar refractivity (Wildman–Crippen MR) is 59.5 cm³/mol. The molecule has 82 valence electrons. The smallest absolute Gasteiger partial charge is 0.259 e. The van der Waals surface area contributed by atoms with E-state index in [2.05, 4.69) is 10.6 Å². The van der Waals surface area contributed by atoms with Crippen molar-refractivity contribution in [3.63, 3.8) is 0 Å². The third kappa shape index (κ3) is 1.38. The summed E-state index contributed by atoms with van der Waals surface area (Å²) in [5, 5.41) is 5.64. The van der Waals surface area contributed by atoms with Crippen LogP contribution >= 0.6 is 0 Å². The Bertz CT molecular complexity index is 478. The summed E-state index contributed by atoms with van der Waals surface area (Å²) in [5.41, 5.74) is 1.88. The lowest BCUT2D eigenvalue weighted by Crippen LogP contribution is -2.27. The van der Waals surface area contributed by atoms with Crippen LogP contribution in [0.1, 0.15) is 40.0 Å². The molecule has 0 bridgehead atoms. The second kappa shape index (κ2) is 3.33. The highest BCUT2D eigenvalue weighted by Crippen LogP contribution is 2.25. The van der Waals surface area contributed by atoms with E-state index < -0.39 is 0 Å². The first-order valence-electron chi connectivity index (χ1n) is 5.50. The van der Waals surface area contributed by atoms with E-state index in [0.717, 1.165) is 5.69 Å². The summed E-state index contributed by atoms with van der Waals surface area (Å²) in [6, 6.07) is 5.85. The number of carbonyl (C=O) groups excluding carboxylic acids is 2. The number of benzene rings is 1. The lowest BCUT2D eigenvalue weighted by atomic mass is 9.93. The normalized spacial score (nSPS) is 19.0. The first kappa shape index (κ1) is 9.39. The average Bonchev–Trinajstić information content (AvgIpc) is 2.49. The third-order valence-corrected chi connectivity index (χ3v) is 3.21. The van der Waals surface area contributed by atoms with Gasteiger partial charge >= 0.3 is 0 Å². The van der Waals surface area contributed by atoms with Crippen LogP contribution in [0.15, 0.2) is 18.2 Å². The Balaban J connectivity index is 1.89. The van der Waals surface area contributed by atoms with E-state index in [0.29, 0.717) is 17.2 Å². The Morgan fingerprint density at radius 2 is 1.88 bits per heavy atom. The maximum Gasteiger partial charge on any atom is 0.259 e. The van der Waals surface area contributed by atoms with E-state index in [1.807, 2.05) is 6.07 Å². The van der Waals surface area contributed by atoms with Crippen molar-refractivity contribution in [2.45, 2.75) is 25.3 Å². The van der Waals surface area contributed by atoms with Gasteiger partial charge in [-0.1, -0.05) is 0 Å². The second-order valence-corrected chi connectivity index (χ2v) is 4.32. The van der Waals surface area contributed by atoms with Crippen molar-refractivity contribution in [3.05, 3.63) is 29.3 Å². The first-order chi connectivity index (χ1) is 7.74. The Kier molecular flexibility index (Phi) is 1.96. The summed E-state index contributed by atoms with van der Waals surface area (Å²) in [6.07, 6.45) is 3.63. The minimum Gasteiger partial charge on any atom is -0.382 e. The van der Waals surface area contributed by atoms with Crippen molar-refractivity contribution in [3.8, 4) is 0 Å². The number of imide groups is 1. The van der Waals surface area contributed by atoms with E-state index >= 15 is 0 Å². The monoisotopic (exact) mass is 216 g/mol. The highest BCUT2D eigenvalue weighted by molar-refractivity contribution is 6.21. The van der Waals surface area contributed by atoms with Gasteiger partial charge < -0.3 is 5.32 Å². The summed E-state index contributed by atoms with van der Waals surface area (Å²) in [7, 11) is 0. The molecule has 4 heteroatoms. The molecular formula is C12H12N2O2. The molecule has 1 fully saturated rings. The van der Waals surface area contributed by atoms with Crippen LogP contribution in [0.3, 0.4) is 0 Å². The number of hydrogen-bond acceptors (Lipinski definition) is 3. The van der Waals surface area contributed by atoms with Crippen molar-refractivity contribution in [1.82, 2.24) is 5.32 Å². The Labute approximate surface area is 93.0 Å². The molecule has 0 radical (unpaired) electrons. The Morgan fingerprint density at radius 3 is 2.56 bits per heavy atom. The molecule has 1 aromatic rings. The third-order valence-electron chi connectivity index (χ3n) is 3.21. The average molecular weight is 216 g/mol. The fourth-order valence-electron chi connectivity index (χ4n) is 2.05. The van der Waals surface area contributed by atoms with E-state index in [9.17, 15) is 9.59 Å². The van der Waals surface area contributed by atoms with Gasteiger partial charge in [-0.3, -0.25) is 14.9 Å². The predicted octanol–water partition coefficient (Wildman–Crippen LogP) is 1.53. The molecule has 4 nitrogen and oxygen atoms in total. The zero-order valence-electron chi connectivity index (χ0n) is 8.75. The number of anilines is 1. The maximum atomic E-state index is 11.4. The van der Waals surface area contributed by atoms with Gasteiger partial charge in [0.1, 0.15) is 0 Å². The van der Waals surface area contributed by atoms with Gasteiger partial charge in [-0.25, -0.2) is 0 Å². The SMILES string of the molecule is O=C1NC(=O)c2cc(NC3CCC3)ccc21. The van der Waals surface area contributed by atoms with Crippen LogP contribution in [0.4, 0.5) is 5.69 Å². The molecule has 3 rings (SSSR count). The van der Waals surface area contributed by atoms with E-state index in [1.165, 1.54) is 19.3 Å². The molecule has 0 unspecified atom stereocenters. The highest BCUT2D eigenvalue weighted by atomic mass is 16.2. The van der Waals surface area contributed by atoms with Gasteiger partial charge in [0, 0.05) is 11.7 Å². The van der Waals surface area contributed by atoms with Gasteiger partial charge in [0.05, 0.1) is 11.1 Å². The number of amides is 2. The molecule has 0 spiro atoms. The molecule has 0 atom stereocenters. The molecule has 16 heavy (non-hydrogen) atoms. The first-order valence-corrected chi connectivity index (χ1v) is 5.50. The largest absolute Gasteiger partial charge is 0.382 e. The molecule has 1 aliphatic carbocycles.